The van der Waals surface area contributed by atoms with E-state index in [1.165, 1.54) is 30.4 Å². The Balaban J connectivity index is 1.80. The summed E-state index contributed by atoms with van der Waals surface area (Å²) >= 11 is 0. The van der Waals surface area contributed by atoms with Gasteiger partial charge in [-0.1, -0.05) is 24.3 Å². The third-order valence-corrected chi connectivity index (χ3v) is 5.08. The smallest absolute Gasteiger partial charge is 0.0586 e. The lowest BCUT2D eigenvalue weighted by Gasteiger charge is -2.44. The maximum Gasteiger partial charge on any atom is 0.0586 e. The molecule has 0 amide bonds. The van der Waals surface area contributed by atoms with Gasteiger partial charge in [0.15, 0.2) is 0 Å². The van der Waals surface area contributed by atoms with Crippen LogP contribution in [-0.2, 0) is 11.2 Å². The van der Waals surface area contributed by atoms with E-state index in [1.807, 2.05) is 7.11 Å². The highest BCUT2D eigenvalue weighted by molar-refractivity contribution is 5.33. The standard InChI is InChI=1S/C17H26N2O/c1-20-15-7-4-6-14(11-15)19-10-9-13-5-2-3-8-16(13)17(19)12-18/h2-3,5,8,14-15,17H,4,6-7,9-12,18H2,1H3. The number of hydrogen-bond donors (Lipinski definition) is 1. The fraction of sp³-hybridized carbons (Fsp3) is 0.647. The van der Waals surface area contributed by atoms with E-state index in [4.69, 9.17) is 10.5 Å². The Morgan fingerprint density at radius 2 is 2.15 bits per heavy atom. The van der Waals surface area contributed by atoms with Crippen LogP contribution in [0.15, 0.2) is 24.3 Å². The van der Waals surface area contributed by atoms with Crippen LogP contribution in [0.1, 0.15) is 42.9 Å². The quantitative estimate of drug-likeness (QED) is 0.920. The Morgan fingerprint density at radius 1 is 1.30 bits per heavy atom. The van der Waals surface area contributed by atoms with Crippen molar-refractivity contribution in [2.45, 2.75) is 50.3 Å². The number of hydrogen-bond acceptors (Lipinski definition) is 3. The molecule has 1 aromatic rings. The normalized spacial score (nSPS) is 31.0. The van der Waals surface area contributed by atoms with Crippen LogP contribution in [0.4, 0.5) is 0 Å². The molecule has 1 fully saturated rings. The zero-order chi connectivity index (χ0) is 13.9. The highest BCUT2D eigenvalue weighted by Gasteiger charge is 2.34. The van der Waals surface area contributed by atoms with Crippen molar-refractivity contribution in [3.05, 3.63) is 35.4 Å². The van der Waals surface area contributed by atoms with E-state index in [1.54, 1.807) is 0 Å². The van der Waals surface area contributed by atoms with Crippen molar-refractivity contribution < 1.29 is 4.74 Å². The first-order valence-corrected chi connectivity index (χ1v) is 7.90. The van der Waals surface area contributed by atoms with E-state index in [-0.39, 0.29) is 0 Å². The molecule has 3 unspecified atom stereocenters. The summed E-state index contributed by atoms with van der Waals surface area (Å²) in [5.41, 5.74) is 9.04. The van der Waals surface area contributed by atoms with Gasteiger partial charge in [-0.25, -0.2) is 0 Å². The van der Waals surface area contributed by atoms with Gasteiger partial charge in [0.25, 0.3) is 0 Å². The average molecular weight is 274 g/mol. The molecule has 1 aliphatic carbocycles. The summed E-state index contributed by atoms with van der Waals surface area (Å²) in [5, 5.41) is 0. The first kappa shape index (κ1) is 14.1. The Kier molecular flexibility index (Phi) is 4.39. The maximum absolute atomic E-state index is 6.11. The molecule has 1 aliphatic heterocycles. The largest absolute Gasteiger partial charge is 0.381 e. The van der Waals surface area contributed by atoms with Crippen molar-refractivity contribution in [2.75, 3.05) is 20.2 Å². The number of nitrogens with two attached hydrogens (primary N) is 1. The zero-order valence-electron chi connectivity index (χ0n) is 12.4. The molecule has 3 atom stereocenters. The molecule has 3 heteroatoms. The van der Waals surface area contributed by atoms with Gasteiger partial charge < -0.3 is 10.5 Å². The topological polar surface area (TPSA) is 38.5 Å². The molecule has 0 bridgehead atoms. The fourth-order valence-corrected chi connectivity index (χ4v) is 4.01. The van der Waals surface area contributed by atoms with E-state index >= 15 is 0 Å². The molecule has 0 aromatic heterocycles. The van der Waals surface area contributed by atoms with Crippen molar-refractivity contribution in [3.63, 3.8) is 0 Å². The van der Waals surface area contributed by atoms with Crippen molar-refractivity contribution in [2.24, 2.45) is 5.73 Å². The van der Waals surface area contributed by atoms with E-state index in [0.29, 0.717) is 24.7 Å². The van der Waals surface area contributed by atoms with Gasteiger partial charge in [0.2, 0.25) is 0 Å². The number of fused-ring (bicyclic) bond motifs is 1. The van der Waals surface area contributed by atoms with Gasteiger partial charge in [-0.05, 0) is 43.2 Å². The molecule has 3 nitrogen and oxygen atoms in total. The van der Waals surface area contributed by atoms with Crippen molar-refractivity contribution in [3.8, 4) is 0 Å². The summed E-state index contributed by atoms with van der Waals surface area (Å²) in [6.45, 7) is 1.85. The molecule has 2 aliphatic rings. The van der Waals surface area contributed by atoms with E-state index in [0.717, 1.165) is 19.4 Å². The minimum Gasteiger partial charge on any atom is -0.381 e. The minimum atomic E-state index is 0.389. The van der Waals surface area contributed by atoms with Gasteiger partial charge in [-0.15, -0.1) is 0 Å². The third-order valence-electron chi connectivity index (χ3n) is 5.08. The third kappa shape index (κ3) is 2.62. The summed E-state index contributed by atoms with van der Waals surface area (Å²) < 4.78 is 5.59. The first-order chi connectivity index (χ1) is 9.83. The molecule has 1 aromatic carbocycles. The van der Waals surface area contributed by atoms with Crippen LogP contribution >= 0.6 is 0 Å². The molecule has 20 heavy (non-hydrogen) atoms. The Bertz CT molecular complexity index is 448. The van der Waals surface area contributed by atoms with Gasteiger partial charge in [0, 0.05) is 32.3 Å². The molecule has 1 heterocycles. The molecule has 110 valence electrons. The second kappa shape index (κ2) is 6.25. The SMILES string of the molecule is COC1CCCC(N2CCc3ccccc3C2CN)C1. The van der Waals surface area contributed by atoms with Gasteiger partial charge in [-0.2, -0.15) is 0 Å². The number of rotatable bonds is 3. The number of methoxy groups -OCH3 is 1. The van der Waals surface area contributed by atoms with Crippen molar-refractivity contribution in [1.82, 2.24) is 4.90 Å². The summed E-state index contributed by atoms with van der Waals surface area (Å²) in [5.74, 6) is 0. The average Bonchev–Trinajstić information content (AvgIpc) is 2.53. The van der Waals surface area contributed by atoms with Crippen LogP contribution < -0.4 is 5.73 Å². The fourth-order valence-electron chi connectivity index (χ4n) is 4.01. The molecule has 1 saturated carbocycles. The number of nitrogens with zero attached hydrogens (tertiary/aromatic N) is 1. The van der Waals surface area contributed by atoms with Crippen molar-refractivity contribution >= 4 is 0 Å². The van der Waals surface area contributed by atoms with Crippen LogP contribution in [-0.4, -0.2) is 37.2 Å². The van der Waals surface area contributed by atoms with Crippen LogP contribution in [0, 0.1) is 0 Å². The van der Waals surface area contributed by atoms with Crippen molar-refractivity contribution in [1.29, 1.82) is 0 Å². The van der Waals surface area contributed by atoms with E-state index in [2.05, 4.69) is 29.2 Å². The van der Waals surface area contributed by atoms with E-state index in [9.17, 15) is 0 Å². The lowest BCUT2D eigenvalue weighted by Crippen LogP contribution is -2.48. The Morgan fingerprint density at radius 3 is 2.95 bits per heavy atom. The lowest BCUT2D eigenvalue weighted by molar-refractivity contribution is 0.0122. The minimum absolute atomic E-state index is 0.389. The van der Waals surface area contributed by atoms with Gasteiger partial charge >= 0.3 is 0 Å². The lowest BCUT2D eigenvalue weighted by atomic mass is 9.86. The number of ether oxygens (including phenoxy) is 1. The predicted molar refractivity (Wildman–Crippen MR) is 81.7 cm³/mol. The Hall–Kier alpha value is -0.900. The second-order valence-corrected chi connectivity index (χ2v) is 6.12. The first-order valence-electron chi connectivity index (χ1n) is 7.90. The Labute approximate surface area is 122 Å². The van der Waals surface area contributed by atoms with E-state index < -0.39 is 0 Å². The predicted octanol–water partition coefficient (Wildman–Crippen LogP) is 2.50. The second-order valence-electron chi connectivity index (χ2n) is 6.12. The number of benzene rings is 1. The molecular weight excluding hydrogens is 248 g/mol. The van der Waals surface area contributed by atoms with Crippen LogP contribution in [0.3, 0.4) is 0 Å². The summed E-state index contributed by atoms with van der Waals surface area (Å²) in [6, 6.07) is 9.83. The zero-order valence-corrected chi connectivity index (χ0v) is 12.4. The molecular formula is C17H26N2O. The van der Waals surface area contributed by atoms with Crippen LogP contribution in [0.25, 0.3) is 0 Å². The molecule has 2 N–H and O–H groups in total. The van der Waals surface area contributed by atoms with Crippen LogP contribution in [0.5, 0.6) is 0 Å². The monoisotopic (exact) mass is 274 g/mol. The van der Waals surface area contributed by atoms with Gasteiger partial charge in [0.05, 0.1) is 6.10 Å². The highest BCUT2D eigenvalue weighted by Crippen LogP contribution is 2.35. The molecule has 0 saturated heterocycles. The summed E-state index contributed by atoms with van der Waals surface area (Å²) in [4.78, 5) is 2.65. The maximum atomic E-state index is 6.11. The molecule has 0 spiro atoms. The molecule has 0 radical (unpaired) electrons. The highest BCUT2D eigenvalue weighted by atomic mass is 16.5. The van der Waals surface area contributed by atoms with Crippen LogP contribution in [0.2, 0.25) is 0 Å². The van der Waals surface area contributed by atoms with Gasteiger partial charge in [-0.3, -0.25) is 4.90 Å². The molecule has 3 rings (SSSR count). The van der Waals surface area contributed by atoms with Gasteiger partial charge in [0.1, 0.15) is 0 Å². The summed E-state index contributed by atoms with van der Waals surface area (Å²) in [6.07, 6.45) is 6.53. The summed E-state index contributed by atoms with van der Waals surface area (Å²) in [7, 11) is 1.85.